The van der Waals surface area contributed by atoms with Gasteiger partial charge in [0.05, 0.1) is 10.7 Å². The molecule has 4 aliphatic heterocycles. The molecule has 2 saturated heterocycles. The molecule has 0 saturated carbocycles. The summed E-state index contributed by atoms with van der Waals surface area (Å²) >= 11 is 3.70. The van der Waals surface area contributed by atoms with Crippen LogP contribution in [0.1, 0.15) is 23.1 Å². The number of thioether (sulfide) groups is 2. The van der Waals surface area contributed by atoms with Crippen LogP contribution in [0.5, 0.6) is 23.0 Å². The summed E-state index contributed by atoms with van der Waals surface area (Å²) in [4.78, 5) is 13.2. The fourth-order valence-electron chi connectivity index (χ4n) is 5.61. The Morgan fingerprint density at radius 2 is 1.50 bits per heavy atom. The number of cyclic esters (lactones) is 1. The molecule has 32 heavy (non-hydrogen) atoms. The van der Waals surface area contributed by atoms with Gasteiger partial charge >= 0.3 is 5.97 Å². The SMILES string of the molecule is O=C1OC[C@@H]2[C@H]1[C@](O)(c1ccc3c(c1)OCO3)c1cc3c(cc1C21SCCCS1)OCO3. The van der Waals surface area contributed by atoms with Crippen LogP contribution in [0.4, 0.5) is 0 Å². The molecule has 0 bridgehead atoms. The number of benzene rings is 2. The van der Waals surface area contributed by atoms with Gasteiger partial charge in [-0.25, -0.2) is 0 Å². The highest BCUT2D eigenvalue weighted by Gasteiger charge is 2.66. The van der Waals surface area contributed by atoms with E-state index in [2.05, 4.69) is 0 Å². The number of rotatable bonds is 1. The van der Waals surface area contributed by atoms with Crippen LogP contribution in [0, 0.1) is 11.8 Å². The monoisotopic (exact) mass is 472 g/mol. The summed E-state index contributed by atoms with van der Waals surface area (Å²) in [6.45, 7) is 0.560. The van der Waals surface area contributed by atoms with Crippen molar-refractivity contribution in [3.8, 4) is 23.0 Å². The molecular formula is C23H20O7S2. The maximum Gasteiger partial charge on any atom is 0.313 e. The molecule has 166 valence electrons. The Bertz CT molecular complexity index is 1150. The maximum absolute atomic E-state index is 13.2. The van der Waals surface area contributed by atoms with Crippen molar-refractivity contribution in [2.24, 2.45) is 11.8 Å². The molecule has 2 fully saturated rings. The van der Waals surface area contributed by atoms with Crippen molar-refractivity contribution < 1.29 is 33.6 Å². The highest BCUT2D eigenvalue weighted by atomic mass is 32.2. The molecule has 1 spiro atoms. The van der Waals surface area contributed by atoms with Crippen molar-refractivity contribution in [1.82, 2.24) is 0 Å². The molecule has 0 amide bonds. The lowest BCUT2D eigenvalue weighted by Gasteiger charge is -2.52. The van der Waals surface area contributed by atoms with E-state index in [4.69, 9.17) is 23.7 Å². The average molecular weight is 473 g/mol. The van der Waals surface area contributed by atoms with Gasteiger partial charge in [0.15, 0.2) is 23.0 Å². The lowest BCUT2D eigenvalue weighted by Crippen LogP contribution is -2.53. The Kier molecular flexibility index (Phi) is 4.00. The highest BCUT2D eigenvalue weighted by Crippen LogP contribution is 2.67. The van der Waals surface area contributed by atoms with Crippen LogP contribution in [-0.2, 0) is 19.2 Å². The molecule has 5 aliphatic rings. The van der Waals surface area contributed by atoms with E-state index in [1.165, 1.54) is 0 Å². The van der Waals surface area contributed by atoms with Crippen molar-refractivity contribution in [1.29, 1.82) is 0 Å². The molecule has 2 aromatic rings. The second kappa shape index (κ2) is 6.65. The second-order valence-electron chi connectivity index (χ2n) is 8.52. The Hall–Kier alpha value is -2.23. The van der Waals surface area contributed by atoms with Crippen LogP contribution in [0.15, 0.2) is 30.3 Å². The Morgan fingerprint density at radius 1 is 0.844 bits per heavy atom. The fourth-order valence-corrected chi connectivity index (χ4v) is 9.30. The van der Waals surface area contributed by atoms with Crippen molar-refractivity contribution in [2.75, 3.05) is 31.7 Å². The third-order valence-corrected chi connectivity index (χ3v) is 10.6. The van der Waals surface area contributed by atoms with Gasteiger partial charge in [0.25, 0.3) is 0 Å². The van der Waals surface area contributed by atoms with Gasteiger partial charge in [-0.1, -0.05) is 6.07 Å². The molecule has 0 unspecified atom stereocenters. The van der Waals surface area contributed by atoms with Gasteiger partial charge < -0.3 is 28.8 Å². The first-order valence-electron chi connectivity index (χ1n) is 10.6. The number of carbonyl (C=O) groups is 1. The van der Waals surface area contributed by atoms with Gasteiger partial charge in [-0.2, -0.15) is 0 Å². The van der Waals surface area contributed by atoms with E-state index in [0.717, 1.165) is 23.5 Å². The van der Waals surface area contributed by atoms with Gasteiger partial charge in [0, 0.05) is 5.92 Å². The number of carbonyl (C=O) groups excluding carboxylic acids is 1. The first-order chi connectivity index (χ1) is 15.6. The Morgan fingerprint density at radius 3 is 2.25 bits per heavy atom. The number of aliphatic hydroxyl groups is 1. The summed E-state index contributed by atoms with van der Waals surface area (Å²) < 4.78 is 27.7. The summed E-state index contributed by atoms with van der Waals surface area (Å²) in [5.41, 5.74) is 0.634. The molecule has 7 rings (SSSR count). The zero-order valence-electron chi connectivity index (χ0n) is 17.0. The zero-order chi connectivity index (χ0) is 21.5. The number of esters is 1. The van der Waals surface area contributed by atoms with Gasteiger partial charge in [-0.05, 0) is 58.9 Å². The van der Waals surface area contributed by atoms with Crippen LogP contribution < -0.4 is 18.9 Å². The molecule has 2 aromatic carbocycles. The third kappa shape index (κ3) is 2.36. The summed E-state index contributed by atoms with van der Waals surface area (Å²) in [5, 5.41) is 12.5. The molecule has 0 aromatic heterocycles. The minimum Gasteiger partial charge on any atom is -0.465 e. The molecule has 0 radical (unpaired) electrons. The highest BCUT2D eigenvalue weighted by molar-refractivity contribution is 8.18. The van der Waals surface area contributed by atoms with Crippen molar-refractivity contribution >= 4 is 29.5 Å². The van der Waals surface area contributed by atoms with Gasteiger partial charge in [-0.15, -0.1) is 23.5 Å². The van der Waals surface area contributed by atoms with E-state index >= 15 is 0 Å². The smallest absolute Gasteiger partial charge is 0.313 e. The Labute approximate surface area is 192 Å². The standard InChI is InChI=1S/C23H20O7S2/c24-21-20-15(9-26-21)23(31-4-1-5-32-23)14-8-19-18(29-11-30-19)7-13(14)22(20,25)12-2-3-16-17(6-12)28-10-27-16/h2-3,6-8,15,20,25H,1,4-5,9-11H2/t15-,20-,22+/m1/s1. The maximum atomic E-state index is 13.2. The minimum absolute atomic E-state index is 0.136. The van der Waals surface area contributed by atoms with Gasteiger partial charge in [0.2, 0.25) is 13.6 Å². The van der Waals surface area contributed by atoms with E-state index in [-0.39, 0.29) is 32.1 Å². The van der Waals surface area contributed by atoms with Crippen LogP contribution in [0.2, 0.25) is 0 Å². The van der Waals surface area contributed by atoms with Gasteiger partial charge in [0.1, 0.15) is 11.5 Å². The summed E-state index contributed by atoms with van der Waals surface area (Å²) in [6, 6.07) is 9.22. The summed E-state index contributed by atoms with van der Waals surface area (Å²) in [7, 11) is 0. The quantitative estimate of drug-likeness (QED) is 0.629. The fraction of sp³-hybridized carbons (Fsp3) is 0.435. The molecule has 9 heteroatoms. The summed E-state index contributed by atoms with van der Waals surface area (Å²) in [6.07, 6.45) is 1.11. The van der Waals surface area contributed by atoms with Crippen LogP contribution in [0.25, 0.3) is 0 Å². The summed E-state index contributed by atoms with van der Waals surface area (Å²) in [5.74, 6) is 3.11. The van der Waals surface area contributed by atoms with Crippen molar-refractivity contribution in [3.63, 3.8) is 0 Å². The molecule has 4 heterocycles. The molecule has 1 N–H and O–H groups in total. The van der Waals surface area contributed by atoms with Gasteiger partial charge in [-0.3, -0.25) is 4.79 Å². The lowest BCUT2D eigenvalue weighted by atomic mass is 9.63. The van der Waals surface area contributed by atoms with Crippen molar-refractivity contribution in [2.45, 2.75) is 16.1 Å². The van der Waals surface area contributed by atoms with Crippen molar-refractivity contribution in [3.05, 3.63) is 47.0 Å². The lowest BCUT2D eigenvalue weighted by molar-refractivity contribution is -0.148. The van der Waals surface area contributed by atoms with E-state index in [0.29, 0.717) is 34.1 Å². The van der Waals surface area contributed by atoms with Crippen LogP contribution in [0.3, 0.4) is 0 Å². The molecular weight excluding hydrogens is 452 g/mol. The number of fused-ring (bicyclic) bond motifs is 6. The first-order valence-corrected chi connectivity index (χ1v) is 12.6. The molecule has 7 nitrogen and oxygen atoms in total. The number of ether oxygens (including phenoxy) is 5. The minimum atomic E-state index is -1.60. The predicted octanol–water partition coefficient (Wildman–Crippen LogP) is 3.21. The molecule has 1 aliphatic carbocycles. The normalized spacial score (nSPS) is 30.7. The second-order valence-corrected chi connectivity index (χ2v) is 11.5. The number of hydrogen-bond donors (Lipinski definition) is 1. The molecule has 3 atom stereocenters. The van der Waals surface area contributed by atoms with Crippen LogP contribution >= 0.6 is 23.5 Å². The van der Waals surface area contributed by atoms with E-state index < -0.39 is 15.6 Å². The van der Waals surface area contributed by atoms with Crippen LogP contribution in [-0.4, -0.2) is 42.8 Å². The topological polar surface area (TPSA) is 83.5 Å². The number of hydrogen-bond acceptors (Lipinski definition) is 9. The predicted molar refractivity (Wildman–Crippen MR) is 117 cm³/mol. The van der Waals surface area contributed by atoms with E-state index in [1.54, 1.807) is 12.1 Å². The average Bonchev–Trinajstić information content (AvgIpc) is 3.56. The Balaban J connectivity index is 1.52. The third-order valence-electron chi connectivity index (χ3n) is 7.03. The zero-order valence-corrected chi connectivity index (χ0v) is 18.6. The van der Waals surface area contributed by atoms with E-state index in [9.17, 15) is 9.90 Å². The van der Waals surface area contributed by atoms with E-state index in [1.807, 2.05) is 41.7 Å². The largest absolute Gasteiger partial charge is 0.465 e. The first kappa shape index (κ1) is 19.3.